The summed E-state index contributed by atoms with van der Waals surface area (Å²) in [5, 5.41) is 4.64. The summed E-state index contributed by atoms with van der Waals surface area (Å²) in [5.41, 5.74) is 3.42. The van der Waals surface area contributed by atoms with Crippen LogP contribution in [-0.2, 0) is 11.4 Å². The normalized spacial score (nSPS) is 13.2. The molecule has 0 aliphatic carbocycles. The first-order valence-electron chi connectivity index (χ1n) is 9.33. The van der Waals surface area contributed by atoms with Crippen LogP contribution in [0.2, 0.25) is 5.02 Å². The fourth-order valence-electron chi connectivity index (χ4n) is 2.83. The molecule has 0 saturated heterocycles. The lowest BCUT2D eigenvalue weighted by molar-refractivity contribution is 0.103. The van der Waals surface area contributed by atoms with Crippen LogP contribution in [0.4, 0.5) is 0 Å². The van der Waals surface area contributed by atoms with Crippen LogP contribution in [0, 0.1) is 20.8 Å². The third kappa shape index (κ3) is 4.54. The summed E-state index contributed by atoms with van der Waals surface area (Å²) in [4.78, 5) is 15.2. The summed E-state index contributed by atoms with van der Waals surface area (Å²) in [6, 6.07) is 6.84. The molecule has 5 nitrogen and oxygen atoms in total. The van der Waals surface area contributed by atoms with Gasteiger partial charge in [0.15, 0.2) is 11.5 Å². The van der Waals surface area contributed by atoms with Crippen LogP contribution in [0.3, 0.4) is 0 Å². The van der Waals surface area contributed by atoms with Gasteiger partial charge in [-0.3, -0.25) is 4.79 Å². The minimum Gasteiger partial charge on any atom is -0.591 e. The first-order valence-corrected chi connectivity index (χ1v) is 11.6. The topological polar surface area (TPSA) is 78.5 Å². The second-order valence-electron chi connectivity index (χ2n) is 7.93. The molecule has 3 rings (SSSR count). The van der Waals surface area contributed by atoms with Gasteiger partial charge >= 0.3 is 0 Å². The van der Waals surface area contributed by atoms with Gasteiger partial charge in [0.1, 0.15) is 22.3 Å². The number of aryl methyl sites for hydroxylation is 2. The number of aromatic nitrogens is 1. The number of rotatable bonds is 5. The Bertz CT molecular complexity index is 1110. The Kier molecular flexibility index (Phi) is 6.57. The smallest absolute Gasteiger partial charge is 0.194 e. The van der Waals surface area contributed by atoms with E-state index in [1.54, 1.807) is 24.3 Å². The molecular weight excluding hydrogens is 440 g/mol. The molecule has 0 amide bonds. The molecule has 3 aromatic rings. The van der Waals surface area contributed by atoms with E-state index < -0.39 is 16.1 Å². The Morgan fingerprint density at radius 3 is 2.47 bits per heavy atom. The lowest BCUT2D eigenvalue weighted by Crippen LogP contribution is -2.25. The van der Waals surface area contributed by atoms with Gasteiger partial charge in [-0.05, 0) is 71.4 Å². The maximum Gasteiger partial charge on any atom is 0.194 e. The maximum atomic E-state index is 13.4. The number of hydrogen-bond donors (Lipinski definition) is 0. The van der Waals surface area contributed by atoms with Gasteiger partial charge in [0.25, 0.3) is 0 Å². The van der Waals surface area contributed by atoms with E-state index in [0.717, 1.165) is 15.3 Å². The molecule has 2 aromatic heterocycles. The Labute approximate surface area is 188 Å². The lowest BCUT2D eigenvalue weighted by Gasteiger charge is -2.17. The number of halogens is 1. The molecule has 2 heterocycles. The van der Waals surface area contributed by atoms with Crippen molar-refractivity contribution in [3.8, 4) is 10.4 Å². The third-order valence-corrected chi connectivity index (χ3v) is 7.45. The Balaban J connectivity index is 2.11. The van der Waals surface area contributed by atoms with Gasteiger partial charge < -0.3 is 9.08 Å². The van der Waals surface area contributed by atoms with E-state index in [1.807, 2.05) is 41.5 Å². The molecule has 1 atom stereocenters. The molecule has 30 heavy (non-hydrogen) atoms. The lowest BCUT2D eigenvalue weighted by atomic mass is 9.96. The molecule has 1 aromatic carbocycles. The van der Waals surface area contributed by atoms with Crippen LogP contribution in [-0.4, -0.2) is 26.5 Å². The first-order chi connectivity index (χ1) is 14.0. The van der Waals surface area contributed by atoms with E-state index in [0.29, 0.717) is 33.2 Å². The number of ketones is 1. The highest BCUT2D eigenvalue weighted by Crippen LogP contribution is 2.40. The minimum atomic E-state index is -1.43. The van der Waals surface area contributed by atoms with Gasteiger partial charge in [0.2, 0.25) is 0 Å². The monoisotopic (exact) mass is 462 g/mol. The van der Waals surface area contributed by atoms with Crippen molar-refractivity contribution in [2.75, 3.05) is 0 Å². The van der Waals surface area contributed by atoms with Crippen LogP contribution in [0.1, 0.15) is 58.6 Å². The summed E-state index contributed by atoms with van der Waals surface area (Å²) in [7, 11) is 0. The zero-order valence-electron chi connectivity index (χ0n) is 17.7. The fourth-order valence-corrected chi connectivity index (χ4v) is 4.72. The number of hydrogen-bond acceptors (Lipinski definition) is 6. The summed E-state index contributed by atoms with van der Waals surface area (Å²) in [5.74, 6) is 0.293. The molecule has 0 bridgehead atoms. The Morgan fingerprint density at radius 2 is 1.87 bits per heavy atom. The number of benzene rings is 1. The quantitative estimate of drug-likeness (QED) is 0.261. The number of nitrogens with zero attached hydrogens (tertiary/aromatic N) is 2. The Morgan fingerprint density at radius 1 is 1.23 bits per heavy atom. The van der Waals surface area contributed by atoms with Crippen molar-refractivity contribution in [3.05, 3.63) is 62.3 Å². The SMILES string of the molecule is Cc1noc(C=N[S+]([O-])C(C)(C)C)c1-c1sc(C)c(C)c1C(=O)c1ccc(Cl)cc1. The van der Waals surface area contributed by atoms with Crippen molar-refractivity contribution in [1.29, 1.82) is 0 Å². The highest BCUT2D eigenvalue weighted by Gasteiger charge is 2.29. The number of carbonyl (C=O) groups is 1. The molecule has 1 unspecified atom stereocenters. The van der Waals surface area contributed by atoms with Crippen molar-refractivity contribution in [3.63, 3.8) is 0 Å². The van der Waals surface area contributed by atoms with Crippen LogP contribution in [0.25, 0.3) is 10.4 Å². The summed E-state index contributed by atoms with van der Waals surface area (Å²) in [6.45, 7) is 11.3. The van der Waals surface area contributed by atoms with Gasteiger partial charge in [0, 0.05) is 21.0 Å². The molecular formula is C22H23ClN2O3S2. The fraction of sp³-hybridized carbons (Fsp3) is 0.318. The molecule has 158 valence electrons. The van der Waals surface area contributed by atoms with E-state index in [1.165, 1.54) is 17.6 Å². The average Bonchev–Trinajstić information content (AvgIpc) is 3.18. The van der Waals surface area contributed by atoms with E-state index in [2.05, 4.69) is 9.55 Å². The molecule has 0 spiro atoms. The van der Waals surface area contributed by atoms with Crippen molar-refractivity contribution in [1.82, 2.24) is 5.16 Å². The van der Waals surface area contributed by atoms with Crippen LogP contribution in [0.15, 0.2) is 33.2 Å². The third-order valence-electron chi connectivity index (χ3n) is 4.62. The second kappa shape index (κ2) is 8.67. The average molecular weight is 463 g/mol. The zero-order valence-corrected chi connectivity index (χ0v) is 20.1. The summed E-state index contributed by atoms with van der Waals surface area (Å²) in [6.07, 6.45) is 1.44. The predicted octanol–water partition coefficient (Wildman–Crippen LogP) is 6.09. The highest BCUT2D eigenvalue weighted by atomic mass is 35.5. The second-order valence-corrected chi connectivity index (χ2v) is 11.5. The van der Waals surface area contributed by atoms with Crippen LogP contribution in [0.5, 0.6) is 0 Å². The van der Waals surface area contributed by atoms with Crippen LogP contribution >= 0.6 is 22.9 Å². The largest absolute Gasteiger partial charge is 0.591 e. The molecule has 0 N–H and O–H groups in total. The standard InChI is InChI=1S/C22H23ClN2O3S2/c1-12-14(3)29-21(18(12)20(26)15-7-9-16(23)10-8-15)19-13(2)25-28-17(19)11-24-30(27)22(4,5)6/h7-11H,1-6H3. The van der Waals surface area contributed by atoms with Crippen molar-refractivity contribution in [2.24, 2.45) is 4.40 Å². The Hall–Kier alpha value is -1.93. The summed E-state index contributed by atoms with van der Waals surface area (Å²) >= 11 is 6.05. The van der Waals surface area contributed by atoms with Gasteiger partial charge in [-0.25, -0.2) is 0 Å². The van der Waals surface area contributed by atoms with Gasteiger partial charge in [0.05, 0.1) is 16.1 Å². The molecule has 0 aliphatic rings. The molecule has 0 radical (unpaired) electrons. The molecule has 8 heteroatoms. The van der Waals surface area contributed by atoms with Crippen molar-refractivity contribution >= 4 is 46.3 Å². The molecule has 0 saturated carbocycles. The zero-order chi connectivity index (χ0) is 22.2. The highest BCUT2D eigenvalue weighted by molar-refractivity contribution is 7.91. The van der Waals surface area contributed by atoms with Crippen LogP contribution < -0.4 is 0 Å². The number of carbonyl (C=O) groups excluding carboxylic acids is 1. The van der Waals surface area contributed by atoms with Gasteiger partial charge in [-0.1, -0.05) is 21.2 Å². The number of thiophene rings is 1. The van der Waals surface area contributed by atoms with Gasteiger partial charge in [-0.15, -0.1) is 11.3 Å². The molecule has 0 fully saturated rings. The van der Waals surface area contributed by atoms with E-state index in [9.17, 15) is 9.35 Å². The maximum absolute atomic E-state index is 13.4. The minimum absolute atomic E-state index is 0.0923. The predicted molar refractivity (Wildman–Crippen MR) is 124 cm³/mol. The van der Waals surface area contributed by atoms with E-state index in [-0.39, 0.29) is 5.78 Å². The first kappa shape index (κ1) is 22.7. The van der Waals surface area contributed by atoms with Crippen molar-refractivity contribution in [2.45, 2.75) is 46.3 Å². The van der Waals surface area contributed by atoms with Gasteiger partial charge in [-0.2, -0.15) is 0 Å². The summed E-state index contributed by atoms with van der Waals surface area (Å²) < 4.78 is 21.5. The van der Waals surface area contributed by atoms with E-state index >= 15 is 0 Å². The van der Waals surface area contributed by atoms with Crippen molar-refractivity contribution < 1.29 is 13.9 Å². The molecule has 0 aliphatic heterocycles. The van der Waals surface area contributed by atoms with E-state index in [4.69, 9.17) is 16.1 Å².